The Balaban J connectivity index is 2.40. The molecule has 0 heterocycles. The Morgan fingerprint density at radius 1 is 1.14 bits per heavy atom. The van der Waals surface area contributed by atoms with Crippen LogP contribution in [0, 0.1) is 17.5 Å². The minimum Gasteiger partial charge on any atom is -0.271 e. The van der Waals surface area contributed by atoms with E-state index in [9.17, 15) is 13.2 Å². The number of hydrogen-bond donors (Lipinski definition) is 2. The van der Waals surface area contributed by atoms with Gasteiger partial charge in [0.15, 0.2) is 11.6 Å². The van der Waals surface area contributed by atoms with Crippen molar-refractivity contribution in [2.24, 2.45) is 5.84 Å². The lowest BCUT2D eigenvalue weighted by molar-refractivity contribution is 0.488. The second kappa shape index (κ2) is 6.79. The Kier molecular flexibility index (Phi) is 5.27. The highest BCUT2D eigenvalue weighted by molar-refractivity contribution is 9.10. The van der Waals surface area contributed by atoms with Gasteiger partial charge in [0, 0.05) is 10.6 Å². The fourth-order valence-corrected chi connectivity index (χ4v) is 2.84. The molecule has 0 amide bonds. The van der Waals surface area contributed by atoms with Crippen LogP contribution in [0.15, 0.2) is 34.8 Å². The average Bonchev–Trinajstić information content (AvgIpc) is 2.46. The standard InChI is InChI=1S/C14H11BrClF3N2/c15-13-7(4-5-11(18)14(13)19)12(21-20)6-8-9(16)2-1-3-10(8)17/h1-5,12,21H,6,20H2. The SMILES string of the molecule is NNC(Cc1c(F)cccc1Cl)c1ccc(F)c(F)c1Br. The topological polar surface area (TPSA) is 38.0 Å². The number of hydrazine groups is 1. The Morgan fingerprint density at radius 3 is 2.48 bits per heavy atom. The van der Waals surface area contributed by atoms with Crippen molar-refractivity contribution in [2.75, 3.05) is 0 Å². The Labute approximate surface area is 133 Å². The van der Waals surface area contributed by atoms with Crippen LogP contribution in [0.4, 0.5) is 13.2 Å². The van der Waals surface area contributed by atoms with E-state index in [4.69, 9.17) is 17.4 Å². The van der Waals surface area contributed by atoms with Gasteiger partial charge in [-0.15, -0.1) is 0 Å². The summed E-state index contributed by atoms with van der Waals surface area (Å²) in [6, 6.07) is 6.04. The fourth-order valence-electron chi connectivity index (χ4n) is 2.00. The molecule has 0 spiro atoms. The summed E-state index contributed by atoms with van der Waals surface area (Å²) < 4.78 is 40.5. The highest BCUT2D eigenvalue weighted by atomic mass is 79.9. The maximum atomic E-state index is 13.8. The largest absolute Gasteiger partial charge is 0.271 e. The van der Waals surface area contributed by atoms with Crippen LogP contribution >= 0.6 is 27.5 Å². The smallest absolute Gasteiger partial charge is 0.173 e. The molecule has 0 aliphatic heterocycles. The van der Waals surface area contributed by atoms with Gasteiger partial charge in [-0.25, -0.2) is 13.2 Å². The summed E-state index contributed by atoms with van der Waals surface area (Å²) in [6.07, 6.45) is 0.0890. The molecule has 7 heteroatoms. The van der Waals surface area contributed by atoms with Crippen LogP contribution in [0.3, 0.4) is 0 Å². The monoisotopic (exact) mass is 378 g/mol. The maximum absolute atomic E-state index is 13.8. The average molecular weight is 380 g/mol. The Hall–Kier alpha value is -1.08. The number of halogens is 5. The van der Waals surface area contributed by atoms with Gasteiger partial charge in [-0.2, -0.15) is 0 Å². The van der Waals surface area contributed by atoms with Crippen molar-refractivity contribution >= 4 is 27.5 Å². The summed E-state index contributed by atoms with van der Waals surface area (Å²) in [6.45, 7) is 0. The van der Waals surface area contributed by atoms with E-state index in [-0.39, 0.29) is 21.5 Å². The number of nitrogens with two attached hydrogens (primary N) is 1. The van der Waals surface area contributed by atoms with Gasteiger partial charge in [0.2, 0.25) is 0 Å². The molecule has 21 heavy (non-hydrogen) atoms. The van der Waals surface area contributed by atoms with Crippen LogP contribution in [0.2, 0.25) is 5.02 Å². The molecule has 0 aliphatic carbocycles. The van der Waals surface area contributed by atoms with Gasteiger partial charge in [-0.3, -0.25) is 11.3 Å². The molecule has 0 bridgehead atoms. The zero-order valence-electron chi connectivity index (χ0n) is 10.6. The third-order valence-electron chi connectivity index (χ3n) is 3.11. The van der Waals surface area contributed by atoms with Crippen LogP contribution in [-0.4, -0.2) is 0 Å². The van der Waals surface area contributed by atoms with E-state index in [1.54, 1.807) is 6.07 Å². The second-order valence-electron chi connectivity index (χ2n) is 4.39. The first-order chi connectivity index (χ1) is 9.95. The molecule has 0 aromatic heterocycles. The molecule has 0 saturated carbocycles. The third kappa shape index (κ3) is 3.40. The number of benzene rings is 2. The predicted octanol–water partition coefficient (Wildman–Crippen LogP) is 4.27. The van der Waals surface area contributed by atoms with Crippen LogP contribution < -0.4 is 11.3 Å². The van der Waals surface area contributed by atoms with Crippen molar-refractivity contribution in [2.45, 2.75) is 12.5 Å². The van der Waals surface area contributed by atoms with Crippen LogP contribution in [0.1, 0.15) is 17.2 Å². The van der Waals surface area contributed by atoms with E-state index >= 15 is 0 Å². The van der Waals surface area contributed by atoms with E-state index in [1.165, 1.54) is 18.2 Å². The normalized spacial score (nSPS) is 12.5. The molecule has 2 nitrogen and oxygen atoms in total. The molecule has 1 atom stereocenters. The quantitative estimate of drug-likeness (QED) is 0.473. The maximum Gasteiger partial charge on any atom is 0.173 e. The fraction of sp³-hybridized carbons (Fsp3) is 0.143. The summed E-state index contributed by atoms with van der Waals surface area (Å²) in [7, 11) is 0. The number of rotatable bonds is 4. The van der Waals surface area contributed by atoms with Gasteiger partial charge in [0.25, 0.3) is 0 Å². The first-order valence-corrected chi connectivity index (χ1v) is 7.15. The number of nitrogens with one attached hydrogen (secondary N) is 1. The van der Waals surface area contributed by atoms with Crippen LogP contribution in [0.25, 0.3) is 0 Å². The van der Waals surface area contributed by atoms with Gasteiger partial charge in [0.05, 0.1) is 10.5 Å². The molecular weight excluding hydrogens is 369 g/mol. The minimum absolute atomic E-state index is 0.0575. The molecule has 3 N–H and O–H groups in total. The van der Waals surface area contributed by atoms with Crippen molar-refractivity contribution in [3.8, 4) is 0 Å². The Bertz CT molecular complexity index is 647. The molecular formula is C14H11BrClF3N2. The first kappa shape index (κ1) is 16.3. The lowest BCUT2D eigenvalue weighted by Crippen LogP contribution is -2.30. The zero-order valence-corrected chi connectivity index (χ0v) is 13.0. The van der Waals surface area contributed by atoms with E-state index in [1.807, 2.05) is 0 Å². The highest BCUT2D eigenvalue weighted by Crippen LogP contribution is 2.31. The summed E-state index contributed by atoms with van der Waals surface area (Å²) in [5.74, 6) is 2.97. The van der Waals surface area contributed by atoms with Crippen LogP contribution in [-0.2, 0) is 6.42 Å². The summed E-state index contributed by atoms with van der Waals surface area (Å²) in [4.78, 5) is 0. The molecule has 1 unspecified atom stereocenters. The zero-order chi connectivity index (χ0) is 15.6. The van der Waals surface area contributed by atoms with Gasteiger partial charge < -0.3 is 0 Å². The molecule has 0 aliphatic rings. The van der Waals surface area contributed by atoms with Gasteiger partial charge in [-0.1, -0.05) is 23.7 Å². The second-order valence-corrected chi connectivity index (χ2v) is 5.59. The molecule has 2 aromatic rings. The molecule has 0 radical (unpaired) electrons. The van der Waals surface area contributed by atoms with Gasteiger partial charge in [-0.05, 0) is 46.1 Å². The molecule has 0 saturated heterocycles. The number of hydrogen-bond acceptors (Lipinski definition) is 2. The lowest BCUT2D eigenvalue weighted by Gasteiger charge is -2.19. The summed E-state index contributed by atoms with van der Waals surface area (Å²) in [5, 5.41) is 0.244. The van der Waals surface area contributed by atoms with Crippen molar-refractivity contribution < 1.29 is 13.2 Å². The molecule has 2 aromatic carbocycles. The first-order valence-electron chi connectivity index (χ1n) is 5.98. The summed E-state index contributed by atoms with van der Waals surface area (Å²) >= 11 is 8.95. The highest BCUT2D eigenvalue weighted by Gasteiger charge is 2.21. The minimum atomic E-state index is -1.02. The van der Waals surface area contributed by atoms with Crippen molar-refractivity contribution in [3.05, 3.63) is 68.4 Å². The van der Waals surface area contributed by atoms with E-state index in [0.29, 0.717) is 5.56 Å². The van der Waals surface area contributed by atoms with Gasteiger partial charge >= 0.3 is 0 Å². The van der Waals surface area contributed by atoms with E-state index in [0.717, 1.165) is 6.07 Å². The molecule has 112 valence electrons. The molecule has 2 rings (SSSR count). The van der Waals surface area contributed by atoms with Gasteiger partial charge in [0.1, 0.15) is 5.82 Å². The predicted molar refractivity (Wildman–Crippen MR) is 79.2 cm³/mol. The lowest BCUT2D eigenvalue weighted by atomic mass is 9.98. The molecule has 0 fully saturated rings. The van der Waals surface area contributed by atoms with E-state index in [2.05, 4.69) is 21.4 Å². The van der Waals surface area contributed by atoms with Crippen molar-refractivity contribution in [1.29, 1.82) is 0 Å². The third-order valence-corrected chi connectivity index (χ3v) is 4.27. The van der Waals surface area contributed by atoms with E-state index < -0.39 is 23.5 Å². The van der Waals surface area contributed by atoms with Crippen molar-refractivity contribution in [3.63, 3.8) is 0 Å². The van der Waals surface area contributed by atoms with Crippen LogP contribution in [0.5, 0.6) is 0 Å². The van der Waals surface area contributed by atoms with Crippen molar-refractivity contribution in [1.82, 2.24) is 5.43 Å². The summed E-state index contributed by atoms with van der Waals surface area (Å²) in [5.41, 5.74) is 3.08. The Morgan fingerprint density at radius 2 is 1.86 bits per heavy atom.